The molecule has 1 saturated heterocycles. The maximum Gasteiger partial charge on any atom is 0.242 e. The first-order valence-electron chi connectivity index (χ1n) is 9.55. The molecule has 1 aliphatic heterocycles. The predicted octanol–water partition coefficient (Wildman–Crippen LogP) is 2.00. The van der Waals surface area contributed by atoms with E-state index in [0.29, 0.717) is 6.54 Å². The first-order chi connectivity index (χ1) is 12.3. The molecular formula is C19H30N4O2S. The average molecular weight is 379 g/mol. The standard InChI is InChI=1S/C19H30N4O2S/c1-19(2,3)18-21-15(13-26-18)12-22-7-4-8-23(10-9-22)16(24)11-20-17(25)14-5-6-14/h13-14H,4-12H2,1-3H3,(H,20,25). The Bertz CT molecular complexity index is 648. The molecule has 1 aromatic heterocycles. The van der Waals surface area contributed by atoms with Gasteiger partial charge in [0.15, 0.2) is 0 Å². The molecule has 0 unspecified atom stereocenters. The van der Waals surface area contributed by atoms with E-state index in [0.717, 1.165) is 51.1 Å². The van der Waals surface area contributed by atoms with Crippen molar-refractivity contribution in [2.45, 2.75) is 52.0 Å². The van der Waals surface area contributed by atoms with Gasteiger partial charge < -0.3 is 10.2 Å². The van der Waals surface area contributed by atoms with Crippen molar-refractivity contribution in [1.29, 1.82) is 0 Å². The van der Waals surface area contributed by atoms with Crippen molar-refractivity contribution in [2.75, 3.05) is 32.7 Å². The number of amides is 2. The van der Waals surface area contributed by atoms with E-state index in [-0.39, 0.29) is 29.7 Å². The van der Waals surface area contributed by atoms with Crippen molar-refractivity contribution >= 4 is 23.2 Å². The summed E-state index contributed by atoms with van der Waals surface area (Å²) in [6, 6.07) is 0. The Morgan fingerprint density at radius 1 is 1.23 bits per heavy atom. The fourth-order valence-corrected chi connectivity index (χ4v) is 3.99. The van der Waals surface area contributed by atoms with Gasteiger partial charge in [0.2, 0.25) is 11.8 Å². The van der Waals surface area contributed by atoms with Crippen LogP contribution in [-0.4, -0.2) is 59.3 Å². The highest BCUT2D eigenvalue weighted by molar-refractivity contribution is 7.09. The number of carbonyl (C=O) groups excluding carboxylic acids is 2. The Balaban J connectivity index is 1.46. The first-order valence-corrected chi connectivity index (χ1v) is 10.4. The molecule has 1 N–H and O–H groups in total. The number of aromatic nitrogens is 1. The summed E-state index contributed by atoms with van der Waals surface area (Å²) in [5.74, 6) is 0.219. The molecule has 26 heavy (non-hydrogen) atoms. The fourth-order valence-electron chi connectivity index (χ4n) is 3.10. The quantitative estimate of drug-likeness (QED) is 0.851. The maximum atomic E-state index is 12.4. The fraction of sp³-hybridized carbons (Fsp3) is 0.737. The van der Waals surface area contributed by atoms with Crippen LogP contribution in [0.2, 0.25) is 0 Å². The van der Waals surface area contributed by atoms with Gasteiger partial charge in [-0.25, -0.2) is 4.98 Å². The minimum Gasteiger partial charge on any atom is -0.347 e. The van der Waals surface area contributed by atoms with Crippen LogP contribution < -0.4 is 5.32 Å². The van der Waals surface area contributed by atoms with E-state index >= 15 is 0 Å². The van der Waals surface area contributed by atoms with Gasteiger partial charge in [-0.2, -0.15) is 0 Å². The molecule has 144 valence electrons. The van der Waals surface area contributed by atoms with Gasteiger partial charge in [0, 0.05) is 49.4 Å². The lowest BCUT2D eigenvalue weighted by molar-refractivity contribution is -0.133. The Labute approximate surface area is 160 Å². The summed E-state index contributed by atoms with van der Waals surface area (Å²) in [5, 5.41) is 6.10. The van der Waals surface area contributed by atoms with E-state index < -0.39 is 0 Å². The average Bonchev–Trinajstić information content (AvgIpc) is 3.36. The summed E-state index contributed by atoms with van der Waals surface area (Å²) < 4.78 is 0. The van der Waals surface area contributed by atoms with E-state index in [1.807, 2.05) is 4.90 Å². The molecule has 0 spiro atoms. The van der Waals surface area contributed by atoms with Gasteiger partial charge in [-0.3, -0.25) is 14.5 Å². The van der Waals surface area contributed by atoms with Crippen molar-refractivity contribution in [1.82, 2.24) is 20.1 Å². The minimum atomic E-state index is 0.0320. The Morgan fingerprint density at radius 3 is 2.65 bits per heavy atom. The van der Waals surface area contributed by atoms with E-state index in [2.05, 4.69) is 36.4 Å². The number of carbonyl (C=O) groups is 2. The Morgan fingerprint density at radius 2 is 2.00 bits per heavy atom. The molecule has 7 heteroatoms. The molecule has 0 bridgehead atoms. The zero-order valence-corrected chi connectivity index (χ0v) is 16.9. The number of hydrogen-bond acceptors (Lipinski definition) is 5. The van der Waals surface area contributed by atoms with Crippen molar-refractivity contribution in [2.24, 2.45) is 5.92 Å². The first kappa shape index (κ1) is 19.3. The van der Waals surface area contributed by atoms with Crippen LogP contribution in [0.5, 0.6) is 0 Å². The summed E-state index contributed by atoms with van der Waals surface area (Å²) >= 11 is 1.73. The van der Waals surface area contributed by atoms with Gasteiger partial charge in [0.25, 0.3) is 0 Å². The number of nitrogens with zero attached hydrogens (tertiary/aromatic N) is 3. The largest absolute Gasteiger partial charge is 0.347 e. The topological polar surface area (TPSA) is 65.5 Å². The molecule has 0 atom stereocenters. The Kier molecular flexibility index (Phi) is 5.97. The molecule has 0 aromatic carbocycles. The highest BCUT2D eigenvalue weighted by Gasteiger charge is 2.30. The Hall–Kier alpha value is -1.47. The summed E-state index contributed by atoms with van der Waals surface area (Å²) in [5.41, 5.74) is 1.21. The zero-order chi connectivity index (χ0) is 18.7. The van der Waals surface area contributed by atoms with E-state index in [1.54, 1.807) is 11.3 Å². The van der Waals surface area contributed by atoms with Gasteiger partial charge >= 0.3 is 0 Å². The van der Waals surface area contributed by atoms with Crippen molar-refractivity contribution < 1.29 is 9.59 Å². The van der Waals surface area contributed by atoms with Crippen LogP contribution in [0.4, 0.5) is 0 Å². The third kappa shape index (κ3) is 5.27. The normalized spacial score (nSPS) is 19.3. The van der Waals surface area contributed by atoms with Crippen LogP contribution in [-0.2, 0) is 21.5 Å². The number of nitrogens with one attached hydrogen (secondary N) is 1. The van der Waals surface area contributed by atoms with Crippen molar-refractivity contribution in [3.05, 3.63) is 16.1 Å². The summed E-state index contributed by atoms with van der Waals surface area (Å²) in [6.45, 7) is 10.8. The molecular weight excluding hydrogens is 348 g/mol. The second-order valence-electron chi connectivity index (χ2n) is 8.40. The lowest BCUT2D eigenvalue weighted by Gasteiger charge is -2.22. The van der Waals surface area contributed by atoms with Gasteiger partial charge in [-0.1, -0.05) is 20.8 Å². The monoisotopic (exact) mass is 378 g/mol. The number of thiazole rings is 1. The molecule has 2 amide bonds. The lowest BCUT2D eigenvalue weighted by atomic mass is 9.98. The van der Waals surface area contributed by atoms with Crippen LogP contribution in [0.15, 0.2) is 5.38 Å². The molecule has 2 fully saturated rings. The summed E-state index contributed by atoms with van der Waals surface area (Å²) in [7, 11) is 0. The molecule has 1 saturated carbocycles. The molecule has 1 aliphatic carbocycles. The van der Waals surface area contributed by atoms with Gasteiger partial charge in [-0.05, 0) is 19.3 Å². The van der Waals surface area contributed by atoms with E-state index in [4.69, 9.17) is 4.98 Å². The van der Waals surface area contributed by atoms with Crippen LogP contribution in [0.25, 0.3) is 0 Å². The van der Waals surface area contributed by atoms with Crippen LogP contribution in [0.3, 0.4) is 0 Å². The van der Waals surface area contributed by atoms with Crippen molar-refractivity contribution in [3.8, 4) is 0 Å². The molecule has 0 radical (unpaired) electrons. The SMILES string of the molecule is CC(C)(C)c1nc(CN2CCCN(C(=O)CNC(=O)C3CC3)CC2)cs1. The molecule has 1 aromatic rings. The van der Waals surface area contributed by atoms with Crippen LogP contribution >= 0.6 is 11.3 Å². The second kappa shape index (κ2) is 8.05. The van der Waals surface area contributed by atoms with Crippen LogP contribution in [0, 0.1) is 5.92 Å². The molecule has 6 nitrogen and oxygen atoms in total. The van der Waals surface area contributed by atoms with Gasteiger partial charge in [0.1, 0.15) is 0 Å². The van der Waals surface area contributed by atoms with E-state index in [1.165, 1.54) is 5.01 Å². The predicted molar refractivity (Wildman–Crippen MR) is 103 cm³/mol. The van der Waals surface area contributed by atoms with Gasteiger partial charge in [-0.15, -0.1) is 11.3 Å². The molecule has 2 aliphatic rings. The van der Waals surface area contributed by atoms with E-state index in [9.17, 15) is 9.59 Å². The number of hydrogen-bond donors (Lipinski definition) is 1. The molecule has 2 heterocycles. The van der Waals surface area contributed by atoms with Crippen LogP contribution in [0.1, 0.15) is 50.7 Å². The van der Waals surface area contributed by atoms with Crippen molar-refractivity contribution in [3.63, 3.8) is 0 Å². The smallest absolute Gasteiger partial charge is 0.242 e. The zero-order valence-electron chi connectivity index (χ0n) is 16.1. The third-order valence-electron chi connectivity index (χ3n) is 4.88. The number of rotatable bonds is 5. The lowest BCUT2D eigenvalue weighted by Crippen LogP contribution is -2.42. The third-order valence-corrected chi connectivity index (χ3v) is 6.20. The molecule has 3 rings (SSSR count). The summed E-state index contributed by atoms with van der Waals surface area (Å²) in [6.07, 6.45) is 2.89. The van der Waals surface area contributed by atoms with Gasteiger partial charge in [0.05, 0.1) is 17.2 Å². The summed E-state index contributed by atoms with van der Waals surface area (Å²) in [4.78, 5) is 33.1. The maximum absolute atomic E-state index is 12.4. The highest BCUT2D eigenvalue weighted by atomic mass is 32.1. The highest BCUT2D eigenvalue weighted by Crippen LogP contribution is 2.28. The minimum absolute atomic E-state index is 0.0320. The second-order valence-corrected chi connectivity index (χ2v) is 9.25.